The van der Waals surface area contributed by atoms with Crippen LogP contribution in [0.15, 0.2) is 0 Å². The number of carbonyl (C=O) groups excluding carboxylic acids is 1. The Labute approximate surface area is 120 Å². The Hall–Kier alpha value is -1.10. The summed E-state index contributed by atoms with van der Waals surface area (Å²) in [6, 6.07) is 0.673. The lowest BCUT2D eigenvalue weighted by atomic mass is 9.94. The highest BCUT2D eigenvalue weighted by molar-refractivity contribution is 5.79. The zero-order chi connectivity index (χ0) is 14.5. The van der Waals surface area contributed by atoms with Gasteiger partial charge in [0.15, 0.2) is 0 Å². The van der Waals surface area contributed by atoms with Gasteiger partial charge in [-0.3, -0.25) is 14.5 Å². The van der Waals surface area contributed by atoms with Gasteiger partial charge in [-0.05, 0) is 32.6 Å². The Balaban J connectivity index is 1.91. The molecule has 2 aliphatic rings. The quantitative estimate of drug-likeness (QED) is 0.772. The van der Waals surface area contributed by atoms with Crippen molar-refractivity contribution in [2.24, 2.45) is 0 Å². The number of aliphatic carboxylic acids is 1. The maximum Gasteiger partial charge on any atom is 0.317 e. The van der Waals surface area contributed by atoms with E-state index < -0.39 is 5.97 Å². The molecular weight excluding hydrogens is 256 g/mol. The molecule has 5 heteroatoms. The van der Waals surface area contributed by atoms with Crippen molar-refractivity contribution in [2.45, 2.75) is 64.0 Å². The molecule has 114 valence electrons. The molecule has 1 amide bonds. The van der Waals surface area contributed by atoms with Crippen molar-refractivity contribution in [3.63, 3.8) is 0 Å². The van der Waals surface area contributed by atoms with Crippen LogP contribution in [0.25, 0.3) is 0 Å². The first-order valence-corrected chi connectivity index (χ1v) is 7.87. The maximum atomic E-state index is 12.5. The Bertz CT molecular complexity index is 349. The van der Waals surface area contributed by atoms with Crippen molar-refractivity contribution in [1.29, 1.82) is 0 Å². The van der Waals surface area contributed by atoms with E-state index in [1.54, 1.807) is 0 Å². The topological polar surface area (TPSA) is 60.9 Å². The molecule has 2 aliphatic carbocycles. The van der Waals surface area contributed by atoms with Gasteiger partial charge in [-0.25, -0.2) is 0 Å². The third kappa shape index (κ3) is 4.20. The number of nitrogens with zero attached hydrogens (tertiary/aromatic N) is 2. The third-order valence-corrected chi connectivity index (χ3v) is 4.42. The molecule has 0 aliphatic heterocycles. The van der Waals surface area contributed by atoms with Crippen LogP contribution in [0.4, 0.5) is 0 Å². The molecule has 2 rings (SSSR count). The summed E-state index contributed by atoms with van der Waals surface area (Å²) in [7, 11) is 0. The number of amides is 1. The van der Waals surface area contributed by atoms with Gasteiger partial charge in [-0.15, -0.1) is 0 Å². The van der Waals surface area contributed by atoms with E-state index in [0.29, 0.717) is 12.1 Å². The molecule has 5 nitrogen and oxygen atoms in total. The Morgan fingerprint density at radius 3 is 2.15 bits per heavy atom. The smallest absolute Gasteiger partial charge is 0.317 e. The highest BCUT2D eigenvalue weighted by atomic mass is 16.4. The second-order valence-electron chi connectivity index (χ2n) is 6.00. The van der Waals surface area contributed by atoms with Crippen molar-refractivity contribution in [1.82, 2.24) is 9.80 Å². The minimum atomic E-state index is -0.842. The zero-order valence-corrected chi connectivity index (χ0v) is 12.4. The van der Waals surface area contributed by atoms with Crippen LogP contribution in [-0.4, -0.2) is 58.5 Å². The number of hydrogen-bond donors (Lipinski definition) is 1. The lowest BCUT2D eigenvalue weighted by Crippen LogP contribution is -2.47. The van der Waals surface area contributed by atoms with Crippen LogP contribution in [0.1, 0.15) is 51.9 Å². The van der Waals surface area contributed by atoms with Crippen molar-refractivity contribution < 1.29 is 14.7 Å². The molecule has 2 fully saturated rings. The summed E-state index contributed by atoms with van der Waals surface area (Å²) < 4.78 is 0. The maximum absolute atomic E-state index is 12.5. The number of carbonyl (C=O) groups is 2. The number of rotatable bonds is 7. The van der Waals surface area contributed by atoms with Gasteiger partial charge in [-0.2, -0.15) is 0 Å². The van der Waals surface area contributed by atoms with E-state index in [1.807, 2.05) is 16.7 Å². The molecule has 0 atom stereocenters. The molecule has 0 spiro atoms. The molecule has 0 unspecified atom stereocenters. The van der Waals surface area contributed by atoms with Gasteiger partial charge in [-0.1, -0.05) is 19.3 Å². The molecule has 0 saturated heterocycles. The standard InChI is InChI=1S/C15H26N2O3/c1-2-17(13-6-4-3-5-7-13)14(18)10-16(11-15(19)20)12-8-9-12/h12-13H,2-11H2,1H3,(H,19,20). The highest BCUT2D eigenvalue weighted by Gasteiger charge is 2.33. The van der Waals surface area contributed by atoms with Crippen LogP contribution >= 0.6 is 0 Å². The average Bonchev–Trinajstić information content (AvgIpc) is 3.24. The van der Waals surface area contributed by atoms with Gasteiger partial charge in [0.05, 0.1) is 13.1 Å². The molecule has 0 bridgehead atoms. The molecular formula is C15H26N2O3. The first-order chi connectivity index (χ1) is 9.61. The largest absolute Gasteiger partial charge is 0.480 e. The first kappa shape index (κ1) is 15.3. The van der Waals surface area contributed by atoms with Gasteiger partial charge in [0.2, 0.25) is 5.91 Å². The minimum absolute atomic E-state index is 0.0153. The molecule has 0 aromatic rings. The predicted molar refractivity (Wildman–Crippen MR) is 76.5 cm³/mol. The summed E-state index contributed by atoms with van der Waals surface area (Å²) in [5.41, 5.74) is 0. The molecule has 0 aromatic heterocycles. The molecule has 0 aromatic carbocycles. The van der Waals surface area contributed by atoms with Gasteiger partial charge in [0.25, 0.3) is 0 Å². The lowest BCUT2D eigenvalue weighted by molar-refractivity contribution is -0.140. The van der Waals surface area contributed by atoms with Crippen LogP contribution in [0.3, 0.4) is 0 Å². The van der Waals surface area contributed by atoms with Gasteiger partial charge in [0.1, 0.15) is 0 Å². The van der Waals surface area contributed by atoms with E-state index in [4.69, 9.17) is 5.11 Å². The summed E-state index contributed by atoms with van der Waals surface area (Å²) in [6.07, 6.45) is 7.93. The van der Waals surface area contributed by atoms with E-state index in [9.17, 15) is 9.59 Å². The molecule has 2 saturated carbocycles. The number of carboxylic acid groups (broad SMARTS) is 1. The monoisotopic (exact) mass is 282 g/mol. The van der Waals surface area contributed by atoms with Gasteiger partial charge < -0.3 is 10.0 Å². The molecule has 0 radical (unpaired) electrons. The summed E-state index contributed by atoms with van der Waals surface area (Å²) in [4.78, 5) is 27.2. The Kier molecular flexibility index (Phi) is 5.40. The summed E-state index contributed by atoms with van der Waals surface area (Å²) in [5.74, 6) is -0.738. The second-order valence-corrected chi connectivity index (χ2v) is 6.00. The summed E-state index contributed by atoms with van der Waals surface area (Å²) >= 11 is 0. The van der Waals surface area contributed by atoms with E-state index in [1.165, 1.54) is 19.3 Å². The normalized spacial score (nSPS) is 20.1. The zero-order valence-electron chi connectivity index (χ0n) is 12.4. The third-order valence-electron chi connectivity index (χ3n) is 4.42. The SMILES string of the molecule is CCN(C(=O)CN(CC(=O)O)C1CC1)C1CCCCC1. The lowest BCUT2D eigenvalue weighted by Gasteiger charge is -2.35. The van der Waals surface area contributed by atoms with Crippen molar-refractivity contribution in [2.75, 3.05) is 19.6 Å². The van der Waals surface area contributed by atoms with Crippen LogP contribution in [0.2, 0.25) is 0 Å². The Morgan fingerprint density at radius 1 is 1.00 bits per heavy atom. The summed E-state index contributed by atoms with van der Waals surface area (Å²) in [6.45, 7) is 3.00. The average molecular weight is 282 g/mol. The van der Waals surface area contributed by atoms with E-state index in [0.717, 1.165) is 32.2 Å². The second kappa shape index (κ2) is 7.07. The molecule has 1 N–H and O–H groups in total. The van der Waals surface area contributed by atoms with E-state index >= 15 is 0 Å². The first-order valence-electron chi connectivity index (χ1n) is 7.87. The van der Waals surface area contributed by atoms with E-state index in [-0.39, 0.29) is 19.0 Å². The number of likely N-dealkylation sites (N-methyl/N-ethyl adjacent to an activating group) is 1. The Morgan fingerprint density at radius 2 is 1.65 bits per heavy atom. The van der Waals surface area contributed by atoms with Crippen LogP contribution in [0.5, 0.6) is 0 Å². The van der Waals surface area contributed by atoms with Crippen LogP contribution < -0.4 is 0 Å². The fourth-order valence-corrected chi connectivity index (χ4v) is 3.22. The van der Waals surface area contributed by atoms with Gasteiger partial charge >= 0.3 is 5.97 Å². The van der Waals surface area contributed by atoms with Crippen LogP contribution in [-0.2, 0) is 9.59 Å². The van der Waals surface area contributed by atoms with Crippen molar-refractivity contribution >= 4 is 11.9 Å². The molecule has 0 heterocycles. The number of carboxylic acids is 1. The van der Waals surface area contributed by atoms with Crippen molar-refractivity contribution in [3.05, 3.63) is 0 Å². The fourth-order valence-electron chi connectivity index (χ4n) is 3.22. The predicted octanol–water partition coefficient (Wildman–Crippen LogP) is 1.72. The number of hydrogen-bond acceptors (Lipinski definition) is 3. The fraction of sp³-hybridized carbons (Fsp3) is 0.867. The molecule has 20 heavy (non-hydrogen) atoms. The van der Waals surface area contributed by atoms with Crippen molar-refractivity contribution in [3.8, 4) is 0 Å². The minimum Gasteiger partial charge on any atom is -0.480 e. The highest BCUT2D eigenvalue weighted by Crippen LogP contribution is 2.27. The van der Waals surface area contributed by atoms with Crippen LogP contribution in [0, 0.1) is 0 Å². The van der Waals surface area contributed by atoms with E-state index in [2.05, 4.69) is 0 Å². The summed E-state index contributed by atoms with van der Waals surface area (Å²) in [5, 5.41) is 8.95. The van der Waals surface area contributed by atoms with Gasteiger partial charge in [0, 0.05) is 18.6 Å².